The summed E-state index contributed by atoms with van der Waals surface area (Å²) in [4.78, 5) is 25.5. The number of rotatable bonds is 6. The van der Waals surface area contributed by atoms with Crippen molar-refractivity contribution in [3.8, 4) is 23.0 Å². The molecule has 5 heteroatoms. The van der Waals surface area contributed by atoms with E-state index in [1.165, 1.54) is 0 Å². The van der Waals surface area contributed by atoms with E-state index in [0.29, 0.717) is 22.6 Å². The fraction of sp³-hybridized carbons (Fsp3) is 0.0256. The van der Waals surface area contributed by atoms with Gasteiger partial charge in [-0.15, -0.1) is 0 Å². The lowest BCUT2D eigenvalue weighted by Gasteiger charge is -2.41. The van der Waals surface area contributed by atoms with Gasteiger partial charge in [-0.25, -0.2) is 9.59 Å². The minimum atomic E-state index is -0.782. The third-order valence-corrected chi connectivity index (χ3v) is 7.82. The minimum Gasteiger partial charge on any atom is -0.457 e. The van der Waals surface area contributed by atoms with Gasteiger partial charge in [-0.3, -0.25) is 0 Å². The second kappa shape index (κ2) is 11.4. The number of fused-ring (bicyclic) bond motifs is 2. The Labute approximate surface area is 254 Å². The predicted octanol–water partition coefficient (Wildman–Crippen LogP) is 8.61. The lowest BCUT2D eigenvalue weighted by Crippen LogP contribution is -2.34. The first-order chi connectivity index (χ1) is 21.6. The molecule has 0 N–H and O–H groups in total. The van der Waals surface area contributed by atoms with Crippen molar-refractivity contribution in [2.45, 2.75) is 5.41 Å². The van der Waals surface area contributed by atoms with Crippen molar-refractivity contribution in [2.24, 2.45) is 0 Å². The van der Waals surface area contributed by atoms with Crippen LogP contribution in [-0.4, -0.2) is 11.9 Å². The van der Waals surface area contributed by atoms with Crippen LogP contribution in [0.2, 0.25) is 0 Å². The molecule has 44 heavy (non-hydrogen) atoms. The van der Waals surface area contributed by atoms with Gasteiger partial charge in [0.25, 0.3) is 0 Å². The van der Waals surface area contributed by atoms with Crippen LogP contribution in [0.5, 0.6) is 23.0 Å². The number of para-hydroxylation sites is 2. The summed E-state index contributed by atoms with van der Waals surface area (Å²) in [5.41, 5.74) is 4.00. The number of hydrogen-bond donors (Lipinski definition) is 0. The van der Waals surface area contributed by atoms with Crippen molar-refractivity contribution in [1.82, 2.24) is 0 Å². The van der Waals surface area contributed by atoms with E-state index in [0.717, 1.165) is 33.8 Å². The Kier molecular flexibility index (Phi) is 6.97. The average molecular weight is 575 g/mol. The van der Waals surface area contributed by atoms with Crippen molar-refractivity contribution in [1.29, 1.82) is 0 Å². The van der Waals surface area contributed by atoms with Gasteiger partial charge in [0.1, 0.15) is 23.0 Å². The van der Waals surface area contributed by atoms with E-state index in [-0.39, 0.29) is 0 Å². The van der Waals surface area contributed by atoms with Crippen LogP contribution in [0.25, 0.3) is 0 Å². The maximum atomic E-state index is 12.7. The normalized spacial score (nSPS) is 12.6. The number of esters is 2. The Morgan fingerprint density at radius 2 is 0.795 bits per heavy atom. The Balaban J connectivity index is 1.32. The highest BCUT2D eigenvalue weighted by atomic mass is 16.5. The molecule has 0 atom stereocenters. The quantitative estimate of drug-likeness (QED) is 0.147. The summed E-state index contributed by atoms with van der Waals surface area (Å²) in [6.07, 6.45) is 0. The summed E-state index contributed by atoms with van der Waals surface area (Å²) < 4.78 is 17.8. The SMILES string of the molecule is O=C(Oc1ccc(C2(c3ccc(OC(=O)c4ccccc4)cc3)c3ccccc3Oc3ccccc32)cc1)c1ccccc1. The molecule has 0 radical (unpaired) electrons. The van der Waals surface area contributed by atoms with Gasteiger partial charge in [0, 0.05) is 11.1 Å². The molecule has 0 unspecified atom stereocenters. The molecule has 0 saturated carbocycles. The van der Waals surface area contributed by atoms with Gasteiger partial charge in [-0.1, -0.05) is 97.1 Å². The van der Waals surface area contributed by atoms with Gasteiger partial charge in [0.2, 0.25) is 0 Å². The molecular weight excluding hydrogens is 548 g/mol. The highest BCUT2D eigenvalue weighted by Gasteiger charge is 2.45. The average Bonchev–Trinajstić information content (AvgIpc) is 3.09. The fourth-order valence-electron chi connectivity index (χ4n) is 5.81. The fourth-order valence-corrected chi connectivity index (χ4v) is 5.81. The van der Waals surface area contributed by atoms with Gasteiger partial charge < -0.3 is 14.2 Å². The van der Waals surface area contributed by atoms with E-state index in [4.69, 9.17) is 14.2 Å². The number of carbonyl (C=O) groups excluding carboxylic acids is 2. The molecule has 212 valence electrons. The van der Waals surface area contributed by atoms with E-state index in [1.54, 1.807) is 48.5 Å². The summed E-state index contributed by atoms with van der Waals surface area (Å²) in [5.74, 6) is 1.52. The van der Waals surface area contributed by atoms with Crippen molar-refractivity contribution in [3.05, 3.63) is 191 Å². The van der Waals surface area contributed by atoms with Crippen LogP contribution in [0, 0.1) is 0 Å². The van der Waals surface area contributed by atoms with Crippen LogP contribution < -0.4 is 14.2 Å². The van der Waals surface area contributed by atoms with E-state index < -0.39 is 17.4 Å². The van der Waals surface area contributed by atoms with E-state index in [2.05, 4.69) is 12.1 Å². The largest absolute Gasteiger partial charge is 0.457 e. The maximum absolute atomic E-state index is 12.7. The topological polar surface area (TPSA) is 61.8 Å². The van der Waals surface area contributed by atoms with E-state index in [1.807, 2.05) is 97.1 Å². The highest BCUT2D eigenvalue weighted by molar-refractivity contribution is 5.91. The molecule has 0 fully saturated rings. The Bertz CT molecular complexity index is 1800. The third-order valence-electron chi connectivity index (χ3n) is 7.82. The zero-order chi connectivity index (χ0) is 29.9. The van der Waals surface area contributed by atoms with E-state index in [9.17, 15) is 9.59 Å². The molecule has 7 rings (SSSR count). The summed E-state index contributed by atoms with van der Waals surface area (Å²) in [6, 6.07) is 49.0. The standard InChI is InChI=1S/C39H26O5/c40-37(27-11-3-1-4-12-27)42-31-23-19-29(20-24-31)39(33-15-7-9-17-35(33)44-36-18-10-8-16-34(36)39)30-21-25-32(26-22-30)43-38(41)28-13-5-2-6-14-28/h1-26H. The van der Waals surface area contributed by atoms with Crippen LogP contribution in [0.1, 0.15) is 43.0 Å². The zero-order valence-corrected chi connectivity index (χ0v) is 23.6. The molecule has 6 aromatic rings. The zero-order valence-electron chi connectivity index (χ0n) is 23.6. The number of hydrogen-bond acceptors (Lipinski definition) is 5. The van der Waals surface area contributed by atoms with Crippen molar-refractivity contribution in [3.63, 3.8) is 0 Å². The van der Waals surface area contributed by atoms with Gasteiger partial charge in [-0.05, 0) is 71.8 Å². The summed E-state index contributed by atoms with van der Waals surface area (Å²) in [7, 11) is 0. The minimum absolute atomic E-state index is 0.421. The summed E-state index contributed by atoms with van der Waals surface area (Å²) in [5, 5.41) is 0. The Morgan fingerprint density at radius 3 is 1.20 bits per heavy atom. The number of benzene rings is 6. The first kappa shape index (κ1) is 26.9. The van der Waals surface area contributed by atoms with E-state index >= 15 is 0 Å². The van der Waals surface area contributed by atoms with Crippen LogP contribution in [-0.2, 0) is 5.41 Å². The van der Waals surface area contributed by atoms with Crippen molar-refractivity contribution >= 4 is 11.9 Å². The molecule has 1 heterocycles. The number of ether oxygens (including phenoxy) is 3. The predicted molar refractivity (Wildman–Crippen MR) is 168 cm³/mol. The lowest BCUT2D eigenvalue weighted by atomic mass is 9.63. The Hall–Kier alpha value is -5.94. The van der Waals surface area contributed by atoms with Gasteiger partial charge in [0.15, 0.2) is 0 Å². The summed E-state index contributed by atoms with van der Waals surface area (Å²) in [6.45, 7) is 0. The smallest absolute Gasteiger partial charge is 0.343 e. The molecule has 6 aromatic carbocycles. The molecule has 5 nitrogen and oxygen atoms in total. The van der Waals surface area contributed by atoms with Crippen LogP contribution >= 0.6 is 0 Å². The maximum Gasteiger partial charge on any atom is 0.343 e. The molecule has 0 bridgehead atoms. The first-order valence-corrected chi connectivity index (χ1v) is 14.3. The first-order valence-electron chi connectivity index (χ1n) is 14.3. The monoisotopic (exact) mass is 574 g/mol. The second-order valence-electron chi connectivity index (χ2n) is 10.4. The molecular formula is C39H26O5. The summed E-state index contributed by atoms with van der Waals surface area (Å²) >= 11 is 0. The molecule has 0 aromatic heterocycles. The molecule has 0 saturated heterocycles. The number of carbonyl (C=O) groups is 2. The van der Waals surface area contributed by atoms with Gasteiger partial charge >= 0.3 is 11.9 Å². The second-order valence-corrected chi connectivity index (χ2v) is 10.4. The van der Waals surface area contributed by atoms with Crippen LogP contribution in [0.15, 0.2) is 158 Å². The molecule has 0 spiro atoms. The molecule has 1 aliphatic rings. The Morgan fingerprint density at radius 1 is 0.432 bits per heavy atom. The lowest BCUT2D eigenvalue weighted by molar-refractivity contribution is 0.0725. The van der Waals surface area contributed by atoms with Crippen molar-refractivity contribution in [2.75, 3.05) is 0 Å². The molecule has 0 amide bonds. The third kappa shape index (κ3) is 4.80. The van der Waals surface area contributed by atoms with Gasteiger partial charge in [0.05, 0.1) is 16.5 Å². The molecule has 0 aliphatic carbocycles. The van der Waals surface area contributed by atoms with Gasteiger partial charge in [-0.2, -0.15) is 0 Å². The molecule has 1 aliphatic heterocycles. The highest BCUT2D eigenvalue weighted by Crippen LogP contribution is 2.55. The van der Waals surface area contributed by atoms with Crippen LogP contribution in [0.4, 0.5) is 0 Å². The van der Waals surface area contributed by atoms with Crippen molar-refractivity contribution < 1.29 is 23.8 Å². The van der Waals surface area contributed by atoms with Crippen LogP contribution in [0.3, 0.4) is 0 Å².